The fourth-order valence-electron chi connectivity index (χ4n) is 5.16. The molecule has 0 aliphatic rings. The lowest BCUT2D eigenvalue weighted by Gasteiger charge is -2.11. The Morgan fingerprint density at radius 2 is 1.52 bits per heavy atom. The van der Waals surface area contributed by atoms with Crippen molar-refractivity contribution in [2.75, 3.05) is 5.32 Å². The Hall–Kier alpha value is -5.70. The summed E-state index contributed by atoms with van der Waals surface area (Å²) in [5.74, 6) is -2.02. The Bertz CT molecular complexity index is 1910. The molecule has 0 aliphatic carbocycles. The number of hydrogen-bond donors (Lipinski definition) is 2. The Kier molecular flexibility index (Phi) is 6.98. The van der Waals surface area contributed by atoms with Gasteiger partial charge in [-0.2, -0.15) is 0 Å². The van der Waals surface area contributed by atoms with Gasteiger partial charge < -0.3 is 20.1 Å². The number of amides is 1. The Morgan fingerprint density at radius 1 is 0.881 bits per heavy atom. The largest absolute Gasteiger partial charge is 0.872 e. The molecular weight excluding hydrogens is 530 g/mol. The van der Waals surface area contributed by atoms with E-state index in [-0.39, 0.29) is 24.4 Å². The van der Waals surface area contributed by atoms with Crippen LogP contribution in [0.3, 0.4) is 0 Å². The van der Waals surface area contributed by atoms with E-state index in [2.05, 4.69) is 15.6 Å². The Morgan fingerprint density at radius 3 is 2.19 bits per heavy atom. The molecule has 2 N–H and O–H groups in total. The maximum Gasteiger partial charge on any atom is 0.335 e. The number of hydrogen-bond acceptors (Lipinski definition) is 5. The number of nitrogens with one attached hydrogen (secondary N) is 1. The van der Waals surface area contributed by atoms with Gasteiger partial charge in [-0.1, -0.05) is 83.8 Å². The predicted molar refractivity (Wildman–Crippen MR) is 159 cm³/mol. The number of fused-ring (bicyclic) bond motifs is 1. The molecule has 2 heterocycles. The Labute approximate surface area is 241 Å². The van der Waals surface area contributed by atoms with E-state index >= 15 is 0 Å². The summed E-state index contributed by atoms with van der Waals surface area (Å²) in [5.41, 5.74) is 5.97. The van der Waals surface area contributed by atoms with E-state index in [1.807, 2.05) is 96.5 Å². The molecule has 4 aromatic carbocycles. The van der Waals surface area contributed by atoms with Crippen molar-refractivity contribution >= 4 is 28.5 Å². The van der Waals surface area contributed by atoms with E-state index in [4.69, 9.17) is 0 Å². The van der Waals surface area contributed by atoms with Gasteiger partial charge in [-0.05, 0) is 41.0 Å². The maximum atomic E-state index is 12.7. The predicted octanol–water partition coefficient (Wildman–Crippen LogP) is 5.57. The van der Waals surface area contributed by atoms with Gasteiger partial charge in [-0.15, -0.1) is 5.10 Å². The van der Waals surface area contributed by atoms with Gasteiger partial charge in [-0.3, -0.25) is 9.48 Å². The lowest BCUT2D eigenvalue weighted by atomic mass is 10.0. The molecule has 0 radical (unpaired) electrons. The van der Waals surface area contributed by atoms with Crippen molar-refractivity contribution in [3.05, 3.63) is 109 Å². The van der Waals surface area contributed by atoms with Crippen LogP contribution in [0.1, 0.15) is 16.8 Å². The zero-order chi connectivity index (χ0) is 29.2. The quantitative estimate of drug-likeness (QED) is 0.252. The minimum Gasteiger partial charge on any atom is -0.872 e. The van der Waals surface area contributed by atoms with Crippen molar-refractivity contribution in [3.8, 4) is 39.4 Å². The van der Waals surface area contributed by atoms with Crippen molar-refractivity contribution < 1.29 is 19.8 Å². The first kappa shape index (κ1) is 26.5. The first-order valence-electron chi connectivity index (χ1n) is 13.4. The monoisotopic (exact) mass is 556 g/mol. The van der Waals surface area contributed by atoms with Gasteiger partial charge in [0.2, 0.25) is 5.91 Å². The molecule has 0 fully saturated rings. The van der Waals surface area contributed by atoms with Gasteiger partial charge in [0.15, 0.2) is 0 Å². The number of benzene rings is 4. The number of aromatic carboxylic acids is 1. The number of aromatic nitrogens is 4. The first-order valence-corrected chi connectivity index (χ1v) is 13.4. The number of rotatable bonds is 8. The summed E-state index contributed by atoms with van der Waals surface area (Å²) in [6.07, 6.45) is 1.90. The number of carbonyl (C=O) groups is 2. The highest BCUT2D eigenvalue weighted by molar-refractivity contribution is 6.07. The maximum absolute atomic E-state index is 12.7. The van der Waals surface area contributed by atoms with Crippen LogP contribution in [-0.2, 0) is 18.4 Å². The summed E-state index contributed by atoms with van der Waals surface area (Å²) < 4.78 is 3.45. The molecule has 6 aromatic rings. The van der Waals surface area contributed by atoms with E-state index in [9.17, 15) is 19.8 Å². The van der Waals surface area contributed by atoms with Crippen LogP contribution in [-0.4, -0.2) is 36.5 Å². The fourth-order valence-corrected chi connectivity index (χ4v) is 5.16. The number of anilines is 1. The van der Waals surface area contributed by atoms with Crippen LogP contribution in [0.2, 0.25) is 0 Å². The lowest BCUT2D eigenvalue weighted by molar-refractivity contribution is -0.268. The molecule has 42 heavy (non-hydrogen) atoms. The van der Waals surface area contributed by atoms with Crippen molar-refractivity contribution in [2.45, 2.75) is 13.0 Å². The van der Waals surface area contributed by atoms with Gasteiger partial charge in [0.25, 0.3) is 0 Å². The van der Waals surface area contributed by atoms with Crippen LogP contribution >= 0.6 is 0 Å². The average molecular weight is 557 g/mol. The molecular formula is C33H26N5O4-. The molecule has 0 saturated heterocycles. The summed E-state index contributed by atoms with van der Waals surface area (Å²) in [5, 5.41) is 34.2. The molecule has 0 spiro atoms. The van der Waals surface area contributed by atoms with E-state index < -0.39 is 11.7 Å². The normalized spacial score (nSPS) is 11.1. The van der Waals surface area contributed by atoms with Gasteiger partial charge in [-0.25, -0.2) is 4.79 Å². The summed E-state index contributed by atoms with van der Waals surface area (Å²) in [4.78, 5) is 24.5. The third-order valence-corrected chi connectivity index (χ3v) is 7.22. The zero-order valence-corrected chi connectivity index (χ0v) is 22.7. The minimum atomic E-state index is -1.29. The molecule has 0 aliphatic heterocycles. The number of aryl methyl sites for hydroxylation is 2. The van der Waals surface area contributed by atoms with Crippen LogP contribution < -0.4 is 10.4 Å². The number of carboxylic acid groups (broad SMARTS) is 1. The number of carboxylic acids is 1. The van der Waals surface area contributed by atoms with Crippen LogP contribution in [0.25, 0.3) is 44.5 Å². The zero-order valence-electron chi connectivity index (χ0n) is 22.7. The lowest BCUT2D eigenvalue weighted by Crippen LogP contribution is -2.14. The highest BCUT2D eigenvalue weighted by Crippen LogP contribution is 2.41. The van der Waals surface area contributed by atoms with E-state index in [1.54, 1.807) is 10.9 Å². The molecule has 0 unspecified atom stereocenters. The van der Waals surface area contributed by atoms with Gasteiger partial charge in [0.05, 0.1) is 24.0 Å². The molecule has 208 valence electrons. The molecule has 0 saturated carbocycles. The molecule has 1 amide bonds. The SMILES string of the molecule is Cn1c(-c2ccccc2)c(-c2cn(CCC(=O)Nc3ccc(-c4ccccc4)cc3)nn2)c2cc(C(=O)O)c([O-])cc21. The highest BCUT2D eigenvalue weighted by Gasteiger charge is 2.22. The van der Waals surface area contributed by atoms with Crippen LogP contribution in [0.5, 0.6) is 5.75 Å². The second-order valence-corrected chi connectivity index (χ2v) is 9.93. The second kappa shape index (κ2) is 11.1. The molecule has 9 nitrogen and oxygen atoms in total. The van der Waals surface area contributed by atoms with Crippen LogP contribution in [0.15, 0.2) is 103 Å². The summed E-state index contributed by atoms with van der Waals surface area (Å²) in [6, 6.07) is 30.0. The minimum absolute atomic E-state index is 0.163. The summed E-state index contributed by atoms with van der Waals surface area (Å²) >= 11 is 0. The van der Waals surface area contributed by atoms with Crippen molar-refractivity contribution in [2.24, 2.45) is 7.05 Å². The summed E-state index contributed by atoms with van der Waals surface area (Å²) in [6.45, 7) is 0.289. The highest BCUT2D eigenvalue weighted by atomic mass is 16.4. The van der Waals surface area contributed by atoms with E-state index in [0.717, 1.165) is 22.4 Å². The molecule has 9 heteroatoms. The van der Waals surface area contributed by atoms with E-state index in [0.29, 0.717) is 27.8 Å². The van der Waals surface area contributed by atoms with Gasteiger partial charge >= 0.3 is 5.97 Å². The van der Waals surface area contributed by atoms with E-state index in [1.165, 1.54) is 12.1 Å². The third kappa shape index (κ3) is 5.11. The standard InChI is InChI=1S/C33H27N5O4/c1-37-28-19-29(39)26(33(41)42)18-25(28)31(32(37)23-10-6-3-7-11-23)27-20-38(36-35-27)17-16-30(40)34-24-14-12-22(13-15-24)21-8-4-2-5-9-21/h2-15,18-20,39H,16-17H2,1H3,(H,34,40)(H,41,42)/p-1. The molecule has 6 rings (SSSR count). The molecule has 2 aromatic heterocycles. The summed E-state index contributed by atoms with van der Waals surface area (Å²) in [7, 11) is 1.83. The topological polar surface area (TPSA) is 125 Å². The fraction of sp³-hybridized carbons (Fsp3) is 0.0909. The first-order chi connectivity index (χ1) is 20.4. The molecule has 0 bridgehead atoms. The number of nitrogens with zero attached hydrogens (tertiary/aromatic N) is 4. The van der Waals surface area contributed by atoms with Gasteiger partial charge in [0.1, 0.15) is 5.69 Å². The average Bonchev–Trinajstić information content (AvgIpc) is 3.59. The number of carbonyl (C=O) groups excluding carboxylic acids is 1. The third-order valence-electron chi connectivity index (χ3n) is 7.22. The van der Waals surface area contributed by atoms with Crippen LogP contribution in [0, 0.1) is 0 Å². The van der Waals surface area contributed by atoms with Crippen LogP contribution in [0.4, 0.5) is 5.69 Å². The van der Waals surface area contributed by atoms with Crippen molar-refractivity contribution in [3.63, 3.8) is 0 Å². The van der Waals surface area contributed by atoms with Crippen molar-refractivity contribution in [1.82, 2.24) is 19.6 Å². The Balaban J connectivity index is 1.24. The van der Waals surface area contributed by atoms with Gasteiger partial charge in [0, 0.05) is 35.6 Å². The smallest absolute Gasteiger partial charge is 0.335 e. The van der Waals surface area contributed by atoms with Crippen molar-refractivity contribution in [1.29, 1.82) is 0 Å². The molecule has 0 atom stereocenters. The second-order valence-electron chi connectivity index (χ2n) is 9.93.